The van der Waals surface area contributed by atoms with E-state index in [1.165, 1.54) is 0 Å². The highest BCUT2D eigenvalue weighted by atomic mass is 16.2. The number of amides is 2. The lowest BCUT2D eigenvalue weighted by Gasteiger charge is -2.19. The van der Waals surface area contributed by atoms with E-state index >= 15 is 0 Å². The number of aromatic amines is 1. The number of aromatic nitrogens is 3. The average molecular weight is 351 g/mol. The number of hydrogen-bond donors (Lipinski definition) is 3. The Morgan fingerprint density at radius 1 is 1.12 bits per heavy atom. The van der Waals surface area contributed by atoms with Crippen LogP contribution in [0.15, 0.2) is 48.8 Å². The number of imidazole rings is 1. The molecule has 3 aromatic rings. The molecule has 1 atom stereocenters. The molecule has 3 N–H and O–H groups in total. The fourth-order valence-corrected chi connectivity index (χ4v) is 2.66. The molecule has 3 rings (SSSR count). The second-order valence-corrected chi connectivity index (χ2v) is 6.48. The number of benzene rings is 1. The van der Waals surface area contributed by atoms with E-state index in [-0.39, 0.29) is 17.7 Å². The summed E-state index contributed by atoms with van der Waals surface area (Å²) in [5.74, 6) is -0.0137. The number of anilines is 1. The summed E-state index contributed by atoms with van der Waals surface area (Å²) in [5.41, 5.74) is 2.07. The fraction of sp³-hybridized carbons (Fsp3) is 0.263. The van der Waals surface area contributed by atoms with Gasteiger partial charge in [-0.1, -0.05) is 26.0 Å². The number of para-hydroxylation sites is 2. The summed E-state index contributed by atoms with van der Waals surface area (Å²) in [6, 6.07) is 10.1. The van der Waals surface area contributed by atoms with E-state index in [4.69, 9.17) is 0 Å². The molecular formula is C19H21N5O2. The largest absolute Gasteiger partial charge is 0.340 e. The molecule has 134 valence electrons. The van der Waals surface area contributed by atoms with Gasteiger partial charge in [0.05, 0.1) is 11.0 Å². The molecule has 0 unspecified atom stereocenters. The molecule has 0 radical (unpaired) electrons. The summed E-state index contributed by atoms with van der Waals surface area (Å²) >= 11 is 0. The Hall–Kier alpha value is -3.22. The molecule has 0 spiro atoms. The minimum atomic E-state index is -0.663. The van der Waals surface area contributed by atoms with E-state index in [0.29, 0.717) is 17.9 Å². The Morgan fingerprint density at radius 3 is 2.54 bits per heavy atom. The first-order valence-electron chi connectivity index (χ1n) is 8.49. The summed E-state index contributed by atoms with van der Waals surface area (Å²) in [7, 11) is 0. The standard InChI is InChI=1S/C19H21N5O2/c1-12(2)11-16(21-17(25)13-7-9-20-10-8-13)18(26)24-19-22-14-5-3-4-6-15(14)23-19/h3-10,12,16H,11H2,1-2H3,(H,21,25)(H2,22,23,24,26)/t16-/m0/s1. The molecule has 1 aromatic carbocycles. The molecule has 0 saturated carbocycles. The van der Waals surface area contributed by atoms with Gasteiger partial charge in [0, 0.05) is 18.0 Å². The molecule has 0 aliphatic heterocycles. The van der Waals surface area contributed by atoms with Crippen molar-refractivity contribution in [3.05, 3.63) is 54.4 Å². The first-order chi connectivity index (χ1) is 12.5. The lowest BCUT2D eigenvalue weighted by molar-refractivity contribution is -0.118. The summed E-state index contributed by atoms with van der Waals surface area (Å²) in [5, 5.41) is 5.56. The predicted octanol–water partition coefficient (Wildman–Crippen LogP) is 2.74. The maximum atomic E-state index is 12.7. The van der Waals surface area contributed by atoms with Crippen LogP contribution < -0.4 is 10.6 Å². The monoisotopic (exact) mass is 351 g/mol. The zero-order valence-electron chi connectivity index (χ0n) is 14.7. The maximum absolute atomic E-state index is 12.7. The second kappa shape index (κ2) is 7.77. The fourth-order valence-electron chi connectivity index (χ4n) is 2.66. The number of pyridine rings is 1. The summed E-state index contributed by atoms with van der Waals surface area (Å²) in [6.45, 7) is 4.00. The minimum Gasteiger partial charge on any atom is -0.340 e. The van der Waals surface area contributed by atoms with E-state index in [0.717, 1.165) is 11.0 Å². The van der Waals surface area contributed by atoms with Crippen molar-refractivity contribution in [2.45, 2.75) is 26.3 Å². The first kappa shape index (κ1) is 17.6. The van der Waals surface area contributed by atoms with Gasteiger partial charge in [0.1, 0.15) is 6.04 Å². The zero-order chi connectivity index (χ0) is 18.5. The lowest BCUT2D eigenvalue weighted by atomic mass is 10.0. The molecule has 2 amide bonds. The van der Waals surface area contributed by atoms with Crippen molar-refractivity contribution in [3.8, 4) is 0 Å². The Labute approximate surface area is 151 Å². The number of fused-ring (bicyclic) bond motifs is 1. The molecular weight excluding hydrogens is 330 g/mol. The number of carbonyl (C=O) groups is 2. The summed E-state index contributed by atoms with van der Waals surface area (Å²) in [4.78, 5) is 36.4. The van der Waals surface area contributed by atoms with Gasteiger partial charge in [-0.15, -0.1) is 0 Å². The van der Waals surface area contributed by atoms with Crippen molar-refractivity contribution in [1.82, 2.24) is 20.3 Å². The van der Waals surface area contributed by atoms with Crippen LogP contribution in [0.1, 0.15) is 30.6 Å². The van der Waals surface area contributed by atoms with Crippen molar-refractivity contribution in [3.63, 3.8) is 0 Å². The number of hydrogen-bond acceptors (Lipinski definition) is 4. The Balaban J connectivity index is 1.73. The van der Waals surface area contributed by atoms with Gasteiger partial charge in [-0.3, -0.25) is 19.9 Å². The quantitative estimate of drug-likeness (QED) is 0.636. The predicted molar refractivity (Wildman–Crippen MR) is 99.7 cm³/mol. The van der Waals surface area contributed by atoms with Crippen LogP contribution in [0.2, 0.25) is 0 Å². The number of rotatable bonds is 6. The van der Waals surface area contributed by atoms with Crippen LogP contribution in [0.25, 0.3) is 11.0 Å². The second-order valence-electron chi connectivity index (χ2n) is 6.48. The maximum Gasteiger partial charge on any atom is 0.252 e. The number of carbonyl (C=O) groups excluding carboxylic acids is 2. The van der Waals surface area contributed by atoms with Crippen LogP contribution in [0.5, 0.6) is 0 Å². The topological polar surface area (TPSA) is 99.8 Å². The molecule has 7 heteroatoms. The molecule has 0 aliphatic rings. The molecule has 0 saturated heterocycles. The molecule has 0 bridgehead atoms. The van der Waals surface area contributed by atoms with E-state index in [9.17, 15) is 9.59 Å². The smallest absolute Gasteiger partial charge is 0.252 e. The van der Waals surface area contributed by atoms with Crippen molar-refractivity contribution >= 4 is 28.8 Å². The van der Waals surface area contributed by atoms with Crippen molar-refractivity contribution in [1.29, 1.82) is 0 Å². The molecule has 0 aliphatic carbocycles. The van der Waals surface area contributed by atoms with E-state index in [2.05, 4.69) is 25.6 Å². The van der Waals surface area contributed by atoms with E-state index < -0.39 is 6.04 Å². The third-order valence-corrected chi connectivity index (χ3v) is 3.90. The third-order valence-electron chi connectivity index (χ3n) is 3.90. The van der Waals surface area contributed by atoms with Crippen LogP contribution >= 0.6 is 0 Å². The van der Waals surface area contributed by atoms with Gasteiger partial charge in [-0.25, -0.2) is 4.98 Å². The van der Waals surface area contributed by atoms with Crippen LogP contribution in [0.4, 0.5) is 5.95 Å². The average Bonchev–Trinajstić information content (AvgIpc) is 3.03. The van der Waals surface area contributed by atoms with Crippen LogP contribution in [-0.2, 0) is 4.79 Å². The van der Waals surface area contributed by atoms with E-state index in [1.54, 1.807) is 24.5 Å². The van der Waals surface area contributed by atoms with Crippen LogP contribution in [-0.4, -0.2) is 32.8 Å². The van der Waals surface area contributed by atoms with Gasteiger partial charge in [-0.2, -0.15) is 0 Å². The molecule has 0 fully saturated rings. The van der Waals surface area contributed by atoms with Crippen molar-refractivity contribution in [2.24, 2.45) is 5.92 Å². The SMILES string of the molecule is CC(C)C[C@H](NC(=O)c1ccncc1)C(=O)Nc1nc2ccccc2[nH]1. The molecule has 7 nitrogen and oxygen atoms in total. The first-order valence-corrected chi connectivity index (χ1v) is 8.49. The Kier molecular flexibility index (Phi) is 5.26. The third kappa shape index (κ3) is 4.24. The number of H-pyrrole nitrogens is 1. The van der Waals surface area contributed by atoms with Gasteiger partial charge in [0.15, 0.2) is 0 Å². The van der Waals surface area contributed by atoms with Gasteiger partial charge in [0.2, 0.25) is 11.9 Å². The Bertz CT molecular complexity index is 871. The van der Waals surface area contributed by atoms with E-state index in [1.807, 2.05) is 38.1 Å². The lowest BCUT2D eigenvalue weighted by Crippen LogP contribution is -2.44. The number of nitrogens with one attached hydrogen (secondary N) is 3. The normalized spacial score (nSPS) is 12.1. The van der Waals surface area contributed by atoms with Crippen LogP contribution in [0, 0.1) is 5.92 Å². The molecule has 2 heterocycles. The summed E-state index contributed by atoms with van der Waals surface area (Å²) < 4.78 is 0. The van der Waals surface area contributed by atoms with Gasteiger partial charge < -0.3 is 10.3 Å². The van der Waals surface area contributed by atoms with Gasteiger partial charge in [-0.05, 0) is 36.6 Å². The highest BCUT2D eigenvalue weighted by molar-refractivity contribution is 6.01. The van der Waals surface area contributed by atoms with Gasteiger partial charge in [0.25, 0.3) is 5.91 Å². The van der Waals surface area contributed by atoms with Crippen LogP contribution in [0.3, 0.4) is 0 Å². The highest BCUT2D eigenvalue weighted by Crippen LogP contribution is 2.14. The Morgan fingerprint density at radius 2 is 1.85 bits per heavy atom. The highest BCUT2D eigenvalue weighted by Gasteiger charge is 2.23. The van der Waals surface area contributed by atoms with Crippen molar-refractivity contribution < 1.29 is 9.59 Å². The molecule has 26 heavy (non-hydrogen) atoms. The number of nitrogens with zero attached hydrogens (tertiary/aromatic N) is 2. The summed E-state index contributed by atoms with van der Waals surface area (Å²) in [6.07, 6.45) is 3.60. The zero-order valence-corrected chi connectivity index (χ0v) is 14.7. The van der Waals surface area contributed by atoms with Gasteiger partial charge >= 0.3 is 0 Å². The molecule has 2 aromatic heterocycles. The minimum absolute atomic E-state index is 0.235. The van der Waals surface area contributed by atoms with Crippen molar-refractivity contribution in [2.75, 3.05) is 5.32 Å².